The molecule has 19 heavy (non-hydrogen) atoms. The first-order chi connectivity index (χ1) is 9.10. The van der Waals surface area contributed by atoms with E-state index >= 15 is 0 Å². The summed E-state index contributed by atoms with van der Waals surface area (Å²) in [4.78, 5) is 11.7. The van der Waals surface area contributed by atoms with E-state index in [2.05, 4.69) is 12.2 Å². The van der Waals surface area contributed by atoms with Crippen molar-refractivity contribution >= 4 is 17.3 Å². The van der Waals surface area contributed by atoms with Gasteiger partial charge in [0.2, 0.25) is 0 Å². The van der Waals surface area contributed by atoms with Crippen LogP contribution in [0.5, 0.6) is 0 Å². The summed E-state index contributed by atoms with van der Waals surface area (Å²) in [6, 6.07) is 5.23. The molecular formula is C15H22N2O2. The molecule has 4 nitrogen and oxygen atoms in total. The summed E-state index contributed by atoms with van der Waals surface area (Å²) in [7, 11) is 0. The number of rotatable bonds is 6. The van der Waals surface area contributed by atoms with Crippen molar-refractivity contribution in [3.05, 3.63) is 23.8 Å². The molecule has 1 aliphatic carbocycles. The van der Waals surface area contributed by atoms with E-state index in [9.17, 15) is 4.79 Å². The second-order valence-electron chi connectivity index (χ2n) is 5.23. The molecule has 0 spiro atoms. The summed E-state index contributed by atoms with van der Waals surface area (Å²) in [6.07, 6.45) is 3.72. The normalized spacial score (nSPS) is 15.9. The Morgan fingerprint density at radius 1 is 1.42 bits per heavy atom. The van der Waals surface area contributed by atoms with Gasteiger partial charge in [-0.3, -0.25) is 0 Å². The molecule has 0 saturated heterocycles. The van der Waals surface area contributed by atoms with Gasteiger partial charge in [-0.15, -0.1) is 0 Å². The zero-order chi connectivity index (χ0) is 13.9. The van der Waals surface area contributed by atoms with Crippen molar-refractivity contribution < 1.29 is 9.53 Å². The minimum atomic E-state index is -0.304. The van der Waals surface area contributed by atoms with Gasteiger partial charge in [0.25, 0.3) is 0 Å². The van der Waals surface area contributed by atoms with E-state index in [0.717, 1.165) is 12.2 Å². The lowest BCUT2D eigenvalue weighted by molar-refractivity contribution is 0.0526. The lowest BCUT2D eigenvalue weighted by Crippen LogP contribution is -2.16. The maximum absolute atomic E-state index is 11.7. The zero-order valence-corrected chi connectivity index (χ0v) is 11.7. The minimum Gasteiger partial charge on any atom is -0.462 e. The third-order valence-corrected chi connectivity index (χ3v) is 3.93. The summed E-state index contributed by atoms with van der Waals surface area (Å²) in [5.74, 6) is -0.304. The second-order valence-corrected chi connectivity index (χ2v) is 5.23. The van der Waals surface area contributed by atoms with Crippen molar-refractivity contribution in [3.8, 4) is 0 Å². The Morgan fingerprint density at radius 3 is 2.74 bits per heavy atom. The van der Waals surface area contributed by atoms with Gasteiger partial charge in [0, 0.05) is 6.54 Å². The number of nitrogens with one attached hydrogen (secondary N) is 1. The molecule has 0 radical (unpaired) electrons. The highest BCUT2D eigenvalue weighted by atomic mass is 16.5. The Morgan fingerprint density at radius 2 is 2.16 bits per heavy atom. The molecule has 4 heteroatoms. The molecule has 0 bridgehead atoms. The fourth-order valence-corrected chi connectivity index (χ4v) is 2.17. The van der Waals surface area contributed by atoms with E-state index in [1.807, 2.05) is 0 Å². The molecule has 0 aliphatic heterocycles. The molecule has 3 N–H and O–H groups in total. The summed E-state index contributed by atoms with van der Waals surface area (Å²) >= 11 is 0. The molecule has 1 fully saturated rings. The van der Waals surface area contributed by atoms with E-state index in [-0.39, 0.29) is 5.97 Å². The molecule has 0 heterocycles. The van der Waals surface area contributed by atoms with Crippen LogP contribution in [0.4, 0.5) is 11.4 Å². The van der Waals surface area contributed by atoms with Crippen molar-refractivity contribution in [3.63, 3.8) is 0 Å². The van der Waals surface area contributed by atoms with E-state index in [0.29, 0.717) is 23.3 Å². The van der Waals surface area contributed by atoms with Gasteiger partial charge in [0.1, 0.15) is 0 Å². The number of carbonyl (C=O) groups is 1. The molecule has 0 unspecified atom stereocenters. The van der Waals surface area contributed by atoms with Gasteiger partial charge in [-0.25, -0.2) is 4.79 Å². The molecule has 0 atom stereocenters. The lowest BCUT2D eigenvalue weighted by Gasteiger charge is -2.16. The molecule has 1 aromatic carbocycles. The number of carbonyl (C=O) groups excluding carboxylic acids is 1. The number of anilines is 2. The maximum atomic E-state index is 11.7. The zero-order valence-electron chi connectivity index (χ0n) is 11.7. The van der Waals surface area contributed by atoms with Crippen LogP contribution in [-0.4, -0.2) is 19.1 Å². The Hall–Kier alpha value is -1.71. The maximum Gasteiger partial charge on any atom is 0.338 e. The fraction of sp³-hybridized carbons (Fsp3) is 0.533. The average molecular weight is 262 g/mol. The Kier molecular flexibility index (Phi) is 3.98. The molecule has 1 aliphatic rings. The highest BCUT2D eigenvalue weighted by Crippen LogP contribution is 2.48. The predicted octanol–water partition coefficient (Wildman–Crippen LogP) is 3.05. The molecule has 0 amide bonds. The SMILES string of the molecule is CCOC(=O)c1ccc(N)c(NCC2(CC)CC2)c1. The monoisotopic (exact) mass is 262 g/mol. The van der Waals surface area contributed by atoms with Crippen LogP contribution in [0, 0.1) is 5.41 Å². The van der Waals surface area contributed by atoms with Crippen molar-refractivity contribution in [1.82, 2.24) is 0 Å². The van der Waals surface area contributed by atoms with Crippen molar-refractivity contribution in [2.75, 3.05) is 24.2 Å². The Labute approximate surface area is 114 Å². The van der Waals surface area contributed by atoms with Crippen LogP contribution in [0.25, 0.3) is 0 Å². The van der Waals surface area contributed by atoms with Gasteiger partial charge in [0.15, 0.2) is 0 Å². The van der Waals surface area contributed by atoms with Crippen LogP contribution < -0.4 is 11.1 Å². The van der Waals surface area contributed by atoms with Crippen LogP contribution in [0.3, 0.4) is 0 Å². The molecule has 0 aromatic heterocycles. The third kappa shape index (κ3) is 3.19. The van der Waals surface area contributed by atoms with Gasteiger partial charge in [-0.1, -0.05) is 6.92 Å². The third-order valence-electron chi connectivity index (χ3n) is 3.93. The largest absolute Gasteiger partial charge is 0.462 e. The van der Waals surface area contributed by atoms with Gasteiger partial charge >= 0.3 is 5.97 Å². The van der Waals surface area contributed by atoms with Crippen LogP contribution in [0.2, 0.25) is 0 Å². The number of esters is 1. The number of hydrogen-bond acceptors (Lipinski definition) is 4. The van der Waals surface area contributed by atoms with Crippen LogP contribution in [-0.2, 0) is 4.74 Å². The van der Waals surface area contributed by atoms with Gasteiger partial charge in [-0.2, -0.15) is 0 Å². The van der Waals surface area contributed by atoms with E-state index in [1.165, 1.54) is 19.3 Å². The minimum absolute atomic E-state index is 0.304. The van der Waals surface area contributed by atoms with Gasteiger partial charge < -0.3 is 15.8 Å². The first-order valence-electron chi connectivity index (χ1n) is 6.91. The fourth-order valence-electron chi connectivity index (χ4n) is 2.17. The topological polar surface area (TPSA) is 64.3 Å². The number of ether oxygens (including phenoxy) is 1. The number of nitrogen functional groups attached to an aromatic ring is 1. The van der Waals surface area contributed by atoms with E-state index in [1.54, 1.807) is 25.1 Å². The van der Waals surface area contributed by atoms with Crippen LogP contribution >= 0.6 is 0 Å². The van der Waals surface area contributed by atoms with Crippen molar-refractivity contribution in [2.24, 2.45) is 5.41 Å². The number of hydrogen-bond donors (Lipinski definition) is 2. The molecular weight excluding hydrogens is 240 g/mol. The molecule has 1 saturated carbocycles. The predicted molar refractivity (Wildman–Crippen MR) is 77.3 cm³/mol. The first-order valence-corrected chi connectivity index (χ1v) is 6.91. The molecule has 1 aromatic rings. The summed E-state index contributed by atoms with van der Waals surface area (Å²) < 4.78 is 4.99. The van der Waals surface area contributed by atoms with Gasteiger partial charge in [-0.05, 0) is 49.8 Å². The van der Waals surface area contributed by atoms with Gasteiger partial charge in [0.05, 0.1) is 23.5 Å². The van der Waals surface area contributed by atoms with E-state index in [4.69, 9.17) is 10.5 Å². The van der Waals surface area contributed by atoms with Crippen LogP contribution in [0.1, 0.15) is 43.5 Å². The molecule has 2 rings (SSSR count). The smallest absolute Gasteiger partial charge is 0.338 e. The Bertz CT molecular complexity index is 467. The highest BCUT2D eigenvalue weighted by molar-refractivity contribution is 5.92. The average Bonchev–Trinajstić information content (AvgIpc) is 3.19. The standard InChI is InChI=1S/C15H22N2O2/c1-3-15(7-8-15)10-17-13-9-11(5-6-12(13)16)14(18)19-4-2/h5-6,9,17H,3-4,7-8,10,16H2,1-2H3. The quantitative estimate of drug-likeness (QED) is 0.611. The highest BCUT2D eigenvalue weighted by Gasteiger charge is 2.40. The van der Waals surface area contributed by atoms with Crippen LogP contribution in [0.15, 0.2) is 18.2 Å². The molecule has 104 valence electrons. The number of benzene rings is 1. The second kappa shape index (κ2) is 5.51. The summed E-state index contributed by atoms with van der Waals surface area (Å²) in [5.41, 5.74) is 8.41. The lowest BCUT2D eigenvalue weighted by atomic mass is 10.0. The van der Waals surface area contributed by atoms with Crippen molar-refractivity contribution in [2.45, 2.75) is 33.1 Å². The number of nitrogens with two attached hydrogens (primary N) is 1. The Balaban J connectivity index is 2.06. The van der Waals surface area contributed by atoms with Crippen molar-refractivity contribution in [1.29, 1.82) is 0 Å². The summed E-state index contributed by atoms with van der Waals surface area (Å²) in [6.45, 7) is 5.31. The first kappa shape index (κ1) is 13.7. The van der Waals surface area contributed by atoms with E-state index < -0.39 is 0 Å². The summed E-state index contributed by atoms with van der Waals surface area (Å²) in [5, 5.41) is 3.37.